The normalized spacial score (nSPS) is 13.5. The maximum atomic E-state index is 4.72. The van der Waals surface area contributed by atoms with Crippen molar-refractivity contribution in [3.63, 3.8) is 0 Å². The fraction of sp³-hybridized carbons (Fsp3) is 0.0488. The molecule has 44 heavy (non-hydrogen) atoms. The van der Waals surface area contributed by atoms with Crippen molar-refractivity contribution in [2.24, 2.45) is 0 Å². The van der Waals surface area contributed by atoms with E-state index >= 15 is 0 Å². The maximum Gasteiger partial charge on any atom is 0.0541 e. The first-order valence-electron chi connectivity index (χ1n) is 15.3. The molecule has 0 saturated heterocycles. The number of fused-ring (bicyclic) bond motifs is 6. The Labute approximate surface area is 255 Å². The zero-order valence-corrected chi connectivity index (χ0v) is 24.2. The summed E-state index contributed by atoms with van der Waals surface area (Å²) in [6.07, 6.45) is 19.5. The quantitative estimate of drug-likeness (QED) is 0.211. The molecule has 3 heteroatoms. The summed E-state index contributed by atoms with van der Waals surface area (Å²) >= 11 is 0. The molecule has 0 saturated carbocycles. The van der Waals surface area contributed by atoms with Gasteiger partial charge in [0.05, 0.1) is 21.7 Å². The number of pyridine rings is 1. The lowest BCUT2D eigenvalue weighted by Crippen LogP contribution is -2.27. The van der Waals surface area contributed by atoms with Crippen LogP contribution in [-0.2, 0) is 6.42 Å². The number of rotatable bonds is 4. The Hall–Kier alpha value is -5.67. The van der Waals surface area contributed by atoms with E-state index in [2.05, 4.69) is 149 Å². The van der Waals surface area contributed by atoms with E-state index in [1.165, 1.54) is 49.3 Å². The molecule has 3 aromatic heterocycles. The van der Waals surface area contributed by atoms with Gasteiger partial charge < -0.3 is 9.13 Å². The molecule has 0 radical (unpaired) electrons. The molecular formula is C41H29N3. The van der Waals surface area contributed by atoms with Gasteiger partial charge in [-0.2, -0.15) is 0 Å². The summed E-state index contributed by atoms with van der Waals surface area (Å²) in [4.78, 5) is 4.72. The maximum absolute atomic E-state index is 4.72. The SMILES string of the molecule is C1=CCc2c3c(n(-c4cccc(-c5cncc(-c6cccc(-n7c8ccccc8c8ccccc87)c6)c5)c4)c2=C1)=CCC=C3. The van der Waals surface area contributed by atoms with E-state index in [1.807, 2.05) is 12.4 Å². The number of allylic oxidation sites excluding steroid dienone is 3. The van der Waals surface area contributed by atoms with Crippen LogP contribution in [0.2, 0.25) is 0 Å². The summed E-state index contributed by atoms with van der Waals surface area (Å²) < 4.78 is 4.79. The highest BCUT2D eigenvalue weighted by atomic mass is 15.0. The van der Waals surface area contributed by atoms with Crippen LogP contribution in [0.4, 0.5) is 0 Å². The first kappa shape index (κ1) is 24.9. The van der Waals surface area contributed by atoms with Crippen LogP contribution in [0.3, 0.4) is 0 Å². The largest absolute Gasteiger partial charge is 0.310 e. The van der Waals surface area contributed by atoms with Crippen LogP contribution < -0.4 is 10.7 Å². The fourth-order valence-corrected chi connectivity index (χ4v) is 7.05. The number of hydrogen-bond donors (Lipinski definition) is 0. The molecule has 0 bridgehead atoms. The molecule has 0 spiro atoms. The van der Waals surface area contributed by atoms with Crippen molar-refractivity contribution < 1.29 is 0 Å². The lowest BCUT2D eigenvalue weighted by Gasteiger charge is -2.12. The highest BCUT2D eigenvalue weighted by Crippen LogP contribution is 2.34. The minimum Gasteiger partial charge on any atom is -0.310 e. The monoisotopic (exact) mass is 563 g/mol. The van der Waals surface area contributed by atoms with Gasteiger partial charge in [-0.15, -0.1) is 0 Å². The van der Waals surface area contributed by atoms with Gasteiger partial charge in [0.15, 0.2) is 0 Å². The average molecular weight is 564 g/mol. The minimum absolute atomic E-state index is 0.961. The summed E-state index contributed by atoms with van der Waals surface area (Å²) in [6, 6.07) is 37.2. The average Bonchev–Trinajstić information content (AvgIpc) is 3.62. The lowest BCUT2D eigenvalue weighted by atomic mass is 10.0. The first-order chi connectivity index (χ1) is 21.8. The molecule has 0 N–H and O–H groups in total. The molecule has 0 fully saturated rings. The Morgan fingerprint density at radius 2 is 1.23 bits per heavy atom. The summed E-state index contributed by atoms with van der Waals surface area (Å²) in [5.74, 6) is 0. The van der Waals surface area contributed by atoms with E-state index in [-0.39, 0.29) is 0 Å². The highest BCUT2D eigenvalue weighted by molar-refractivity contribution is 6.09. The van der Waals surface area contributed by atoms with Crippen LogP contribution >= 0.6 is 0 Å². The molecule has 9 rings (SSSR count). The summed E-state index contributed by atoms with van der Waals surface area (Å²) in [7, 11) is 0. The fourth-order valence-electron chi connectivity index (χ4n) is 7.05. The Bertz CT molecular complexity index is 2400. The summed E-state index contributed by atoms with van der Waals surface area (Å²) in [5.41, 5.74) is 12.0. The Morgan fingerprint density at radius 3 is 1.93 bits per heavy atom. The van der Waals surface area contributed by atoms with Gasteiger partial charge in [0, 0.05) is 51.2 Å². The van der Waals surface area contributed by atoms with Gasteiger partial charge in [-0.1, -0.05) is 91.0 Å². The minimum atomic E-state index is 0.961. The molecule has 3 heterocycles. The first-order valence-corrected chi connectivity index (χ1v) is 15.3. The van der Waals surface area contributed by atoms with Crippen molar-refractivity contribution in [1.29, 1.82) is 0 Å². The van der Waals surface area contributed by atoms with E-state index in [0.29, 0.717) is 0 Å². The predicted molar refractivity (Wildman–Crippen MR) is 183 cm³/mol. The second-order valence-electron chi connectivity index (χ2n) is 11.6. The molecule has 0 aliphatic heterocycles. The lowest BCUT2D eigenvalue weighted by molar-refractivity contribution is 0.977. The molecule has 2 aliphatic rings. The molecule has 0 amide bonds. The van der Waals surface area contributed by atoms with Crippen molar-refractivity contribution >= 4 is 40.0 Å². The van der Waals surface area contributed by atoms with Crippen LogP contribution in [0.5, 0.6) is 0 Å². The van der Waals surface area contributed by atoms with Crippen molar-refractivity contribution in [3.05, 3.63) is 156 Å². The Morgan fingerprint density at radius 1 is 0.568 bits per heavy atom. The van der Waals surface area contributed by atoms with Crippen molar-refractivity contribution in [2.45, 2.75) is 12.8 Å². The predicted octanol–water partition coefficient (Wildman–Crippen LogP) is 8.39. The van der Waals surface area contributed by atoms with Crippen molar-refractivity contribution in [1.82, 2.24) is 14.1 Å². The summed E-state index contributed by atoms with van der Waals surface area (Å²) in [5, 5.41) is 5.11. The van der Waals surface area contributed by atoms with E-state index in [9.17, 15) is 0 Å². The Kier molecular flexibility index (Phi) is 5.63. The molecule has 0 unspecified atom stereocenters. The van der Waals surface area contributed by atoms with Crippen LogP contribution in [-0.4, -0.2) is 14.1 Å². The zero-order valence-electron chi connectivity index (χ0n) is 24.2. The zero-order chi connectivity index (χ0) is 29.0. The molecule has 3 nitrogen and oxygen atoms in total. The summed E-state index contributed by atoms with van der Waals surface area (Å²) in [6.45, 7) is 0. The smallest absolute Gasteiger partial charge is 0.0541 e. The molecule has 0 atom stereocenters. The van der Waals surface area contributed by atoms with E-state index in [1.54, 1.807) is 0 Å². The van der Waals surface area contributed by atoms with Gasteiger partial charge >= 0.3 is 0 Å². The third-order valence-electron chi connectivity index (χ3n) is 9.03. The van der Waals surface area contributed by atoms with Crippen molar-refractivity contribution in [3.8, 4) is 33.6 Å². The second-order valence-corrected chi connectivity index (χ2v) is 11.6. The molecule has 4 aromatic carbocycles. The molecule has 2 aliphatic carbocycles. The van der Waals surface area contributed by atoms with Crippen LogP contribution in [0.25, 0.3) is 73.7 Å². The Balaban J connectivity index is 1.14. The molecular weight excluding hydrogens is 534 g/mol. The third-order valence-corrected chi connectivity index (χ3v) is 9.03. The number of aromatic nitrogens is 3. The van der Waals surface area contributed by atoms with E-state index in [0.717, 1.165) is 40.8 Å². The van der Waals surface area contributed by atoms with E-state index in [4.69, 9.17) is 4.98 Å². The molecule has 208 valence electrons. The third kappa shape index (κ3) is 3.86. The molecule has 7 aromatic rings. The van der Waals surface area contributed by atoms with Crippen LogP contribution in [0.1, 0.15) is 17.5 Å². The van der Waals surface area contributed by atoms with Crippen LogP contribution in [0, 0.1) is 0 Å². The number of benzene rings is 4. The van der Waals surface area contributed by atoms with Gasteiger partial charge in [-0.3, -0.25) is 4.98 Å². The topological polar surface area (TPSA) is 22.8 Å². The van der Waals surface area contributed by atoms with Gasteiger partial charge in [0.2, 0.25) is 0 Å². The van der Waals surface area contributed by atoms with Crippen molar-refractivity contribution in [2.75, 3.05) is 0 Å². The number of para-hydroxylation sites is 2. The van der Waals surface area contributed by atoms with Gasteiger partial charge in [-0.25, -0.2) is 0 Å². The highest BCUT2D eigenvalue weighted by Gasteiger charge is 2.17. The number of nitrogens with zero attached hydrogens (tertiary/aromatic N) is 3. The van der Waals surface area contributed by atoms with Gasteiger partial charge in [-0.05, 0) is 78.1 Å². The second kappa shape index (κ2) is 9.96. The van der Waals surface area contributed by atoms with E-state index < -0.39 is 0 Å². The van der Waals surface area contributed by atoms with Crippen LogP contribution in [0.15, 0.2) is 134 Å². The standard InChI is InChI=1S/C41H29N3/c1-5-19-38-34(15-1)35-16-2-6-20-39(35)43(38)32-13-9-11-28(24-32)30-23-31(27-42-26-30)29-12-10-14-33(25-29)44-40-21-7-3-17-36(40)37-18-4-8-22-41(37)44/h1-7,9-16,18-27H,8,17H2. The van der Waals surface area contributed by atoms with Gasteiger partial charge in [0.25, 0.3) is 0 Å². The number of hydrogen-bond acceptors (Lipinski definition) is 1. The van der Waals surface area contributed by atoms with Gasteiger partial charge in [0.1, 0.15) is 0 Å².